The number of nitrogens with one attached hydrogen (secondary N) is 1. The van der Waals surface area contributed by atoms with Crippen LogP contribution in [0.15, 0.2) is 0 Å². The molecule has 14 heavy (non-hydrogen) atoms. The van der Waals surface area contributed by atoms with E-state index < -0.39 is 0 Å². The molecule has 0 amide bonds. The number of ether oxygens (including phenoxy) is 1. The maximum atomic E-state index is 5.52. The minimum Gasteiger partial charge on any atom is -0.378 e. The van der Waals surface area contributed by atoms with Crippen LogP contribution in [-0.2, 0) is 4.74 Å². The van der Waals surface area contributed by atoms with Gasteiger partial charge in [-0.05, 0) is 33.2 Å². The van der Waals surface area contributed by atoms with Crippen molar-refractivity contribution in [3.8, 4) is 0 Å². The Labute approximate surface area is 86.8 Å². The van der Waals surface area contributed by atoms with E-state index >= 15 is 0 Å². The first-order valence-electron chi connectivity index (χ1n) is 5.75. The van der Waals surface area contributed by atoms with Crippen LogP contribution in [0, 0.1) is 0 Å². The van der Waals surface area contributed by atoms with Crippen molar-refractivity contribution in [3.63, 3.8) is 0 Å². The quantitative estimate of drug-likeness (QED) is 0.712. The molecule has 2 saturated heterocycles. The molecule has 2 heterocycles. The van der Waals surface area contributed by atoms with Crippen LogP contribution in [0.25, 0.3) is 0 Å². The predicted molar refractivity (Wildman–Crippen MR) is 57.5 cm³/mol. The molecule has 0 spiro atoms. The fourth-order valence-corrected chi connectivity index (χ4v) is 2.41. The van der Waals surface area contributed by atoms with Crippen molar-refractivity contribution in [2.45, 2.75) is 38.3 Å². The van der Waals surface area contributed by atoms with Crippen molar-refractivity contribution in [2.75, 3.05) is 32.8 Å². The molecule has 3 heteroatoms. The topological polar surface area (TPSA) is 24.5 Å². The Hall–Kier alpha value is -0.120. The van der Waals surface area contributed by atoms with Gasteiger partial charge in [-0.2, -0.15) is 0 Å². The minimum absolute atomic E-state index is 0.225. The summed E-state index contributed by atoms with van der Waals surface area (Å²) >= 11 is 0. The van der Waals surface area contributed by atoms with Gasteiger partial charge in [-0.25, -0.2) is 0 Å². The van der Waals surface area contributed by atoms with E-state index in [4.69, 9.17) is 4.74 Å². The molecule has 2 aliphatic rings. The normalized spacial score (nSPS) is 33.4. The van der Waals surface area contributed by atoms with Gasteiger partial charge < -0.3 is 10.1 Å². The Morgan fingerprint density at radius 2 is 2.36 bits per heavy atom. The molecule has 0 aromatic heterocycles. The number of hydrogen-bond donors (Lipinski definition) is 1. The average molecular weight is 198 g/mol. The van der Waals surface area contributed by atoms with E-state index in [1.807, 2.05) is 0 Å². The first-order chi connectivity index (χ1) is 6.68. The lowest BCUT2D eigenvalue weighted by atomic mass is 10.0. The lowest BCUT2D eigenvalue weighted by Crippen LogP contribution is -2.56. The first kappa shape index (κ1) is 10.4. The van der Waals surface area contributed by atoms with Gasteiger partial charge in [-0.3, -0.25) is 4.90 Å². The predicted octanol–water partition coefficient (Wildman–Crippen LogP) is 0.849. The zero-order chi connectivity index (χ0) is 10.0. The van der Waals surface area contributed by atoms with Crippen molar-refractivity contribution in [3.05, 3.63) is 0 Å². The molecule has 0 aliphatic carbocycles. The van der Waals surface area contributed by atoms with Crippen LogP contribution in [-0.4, -0.2) is 49.3 Å². The van der Waals surface area contributed by atoms with Gasteiger partial charge in [0.2, 0.25) is 0 Å². The van der Waals surface area contributed by atoms with E-state index in [0.29, 0.717) is 6.04 Å². The molecule has 1 atom stereocenters. The van der Waals surface area contributed by atoms with Crippen molar-refractivity contribution in [1.82, 2.24) is 10.2 Å². The molecule has 3 nitrogen and oxygen atoms in total. The molecule has 2 fully saturated rings. The van der Waals surface area contributed by atoms with Gasteiger partial charge in [0.1, 0.15) is 0 Å². The number of morpholine rings is 1. The highest BCUT2D eigenvalue weighted by molar-refractivity contribution is 4.88. The monoisotopic (exact) mass is 198 g/mol. The molecule has 0 aromatic rings. The summed E-state index contributed by atoms with van der Waals surface area (Å²) in [6, 6.07) is 0.715. The van der Waals surface area contributed by atoms with Gasteiger partial charge in [0.05, 0.1) is 13.2 Å². The summed E-state index contributed by atoms with van der Waals surface area (Å²) in [7, 11) is 0. The molecule has 0 saturated carbocycles. The lowest BCUT2D eigenvalue weighted by Gasteiger charge is -2.43. The van der Waals surface area contributed by atoms with E-state index in [1.54, 1.807) is 0 Å². The zero-order valence-electron chi connectivity index (χ0n) is 9.38. The van der Waals surface area contributed by atoms with Crippen LogP contribution in [0.2, 0.25) is 0 Å². The van der Waals surface area contributed by atoms with Crippen LogP contribution >= 0.6 is 0 Å². The summed E-state index contributed by atoms with van der Waals surface area (Å²) in [6.45, 7) is 9.81. The lowest BCUT2D eigenvalue weighted by molar-refractivity contribution is -0.0537. The number of rotatable bonds is 2. The van der Waals surface area contributed by atoms with Crippen molar-refractivity contribution < 1.29 is 4.74 Å². The largest absolute Gasteiger partial charge is 0.378 e. The SMILES string of the molecule is CC1(C)COCCN1C[C@@H]1CCCN1. The highest BCUT2D eigenvalue weighted by Crippen LogP contribution is 2.20. The summed E-state index contributed by atoms with van der Waals surface area (Å²) in [5, 5.41) is 3.56. The maximum Gasteiger partial charge on any atom is 0.0645 e. The van der Waals surface area contributed by atoms with Gasteiger partial charge >= 0.3 is 0 Å². The molecule has 0 aromatic carbocycles. The summed E-state index contributed by atoms with van der Waals surface area (Å²) in [5.74, 6) is 0. The van der Waals surface area contributed by atoms with E-state index in [0.717, 1.165) is 19.8 Å². The van der Waals surface area contributed by atoms with Gasteiger partial charge in [0.15, 0.2) is 0 Å². The minimum atomic E-state index is 0.225. The third kappa shape index (κ3) is 2.27. The van der Waals surface area contributed by atoms with Gasteiger partial charge in [0.25, 0.3) is 0 Å². The van der Waals surface area contributed by atoms with Gasteiger partial charge in [-0.15, -0.1) is 0 Å². The van der Waals surface area contributed by atoms with Crippen LogP contribution in [0.3, 0.4) is 0 Å². The second kappa shape index (κ2) is 4.17. The third-order valence-corrected chi connectivity index (χ3v) is 3.42. The number of nitrogens with zero attached hydrogens (tertiary/aromatic N) is 1. The Bertz CT molecular complexity index is 188. The molecule has 82 valence electrons. The van der Waals surface area contributed by atoms with E-state index in [1.165, 1.54) is 25.9 Å². The summed E-state index contributed by atoms with van der Waals surface area (Å²) < 4.78 is 5.52. The van der Waals surface area contributed by atoms with Crippen LogP contribution < -0.4 is 5.32 Å². The summed E-state index contributed by atoms with van der Waals surface area (Å²) in [5.41, 5.74) is 0.225. The molecule has 0 bridgehead atoms. The third-order valence-electron chi connectivity index (χ3n) is 3.42. The van der Waals surface area contributed by atoms with Gasteiger partial charge in [-0.1, -0.05) is 0 Å². The van der Waals surface area contributed by atoms with E-state index in [2.05, 4.69) is 24.1 Å². The fraction of sp³-hybridized carbons (Fsp3) is 1.00. The van der Waals surface area contributed by atoms with Crippen molar-refractivity contribution in [2.24, 2.45) is 0 Å². The first-order valence-corrected chi connectivity index (χ1v) is 5.75. The molecule has 2 rings (SSSR count). The summed E-state index contributed by atoms with van der Waals surface area (Å²) in [6.07, 6.45) is 2.68. The molecule has 0 radical (unpaired) electrons. The number of hydrogen-bond acceptors (Lipinski definition) is 3. The van der Waals surface area contributed by atoms with Crippen LogP contribution in [0.5, 0.6) is 0 Å². The van der Waals surface area contributed by atoms with Crippen molar-refractivity contribution >= 4 is 0 Å². The summed E-state index contributed by atoms with van der Waals surface area (Å²) in [4.78, 5) is 2.57. The van der Waals surface area contributed by atoms with Gasteiger partial charge in [0, 0.05) is 24.7 Å². The Balaban J connectivity index is 1.88. The van der Waals surface area contributed by atoms with Crippen molar-refractivity contribution in [1.29, 1.82) is 0 Å². The smallest absolute Gasteiger partial charge is 0.0645 e. The van der Waals surface area contributed by atoms with E-state index in [-0.39, 0.29) is 5.54 Å². The van der Waals surface area contributed by atoms with E-state index in [9.17, 15) is 0 Å². The Kier molecular flexibility index (Phi) is 3.10. The zero-order valence-corrected chi connectivity index (χ0v) is 9.38. The molecule has 1 N–H and O–H groups in total. The van der Waals surface area contributed by atoms with Crippen LogP contribution in [0.1, 0.15) is 26.7 Å². The average Bonchev–Trinajstić information content (AvgIpc) is 2.61. The molecular formula is C11H22N2O. The maximum absolute atomic E-state index is 5.52. The molecule has 0 unspecified atom stereocenters. The Morgan fingerprint density at radius 3 is 3.00 bits per heavy atom. The highest BCUT2D eigenvalue weighted by Gasteiger charge is 2.32. The van der Waals surface area contributed by atoms with Crippen LogP contribution in [0.4, 0.5) is 0 Å². The molecular weight excluding hydrogens is 176 g/mol. The fourth-order valence-electron chi connectivity index (χ4n) is 2.41. The second-order valence-corrected chi connectivity index (χ2v) is 5.10. The Morgan fingerprint density at radius 1 is 1.50 bits per heavy atom. The highest BCUT2D eigenvalue weighted by atomic mass is 16.5. The second-order valence-electron chi connectivity index (χ2n) is 5.10. The standard InChI is InChI=1S/C11H22N2O/c1-11(2)9-14-7-6-13(11)8-10-4-3-5-12-10/h10,12H,3-9H2,1-2H3/t10-/m0/s1. The molecule has 2 aliphatic heterocycles.